The number of hydrogen-bond acceptors (Lipinski definition) is 4. The van der Waals surface area contributed by atoms with E-state index in [0.29, 0.717) is 23.5 Å². The number of hydrogen-bond donors (Lipinski definition) is 0. The largest absolute Gasteiger partial charge is 0.573 e. The maximum atomic E-state index is 12.4. The topological polar surface area (TPSA) is 49.7 Å². The number of esters is 1. The van der Waals surface area contributed by atoms with Gasteiger partial charge < -0.3 is 18.8 Å². The molecule has 0 radical (unpaired) electrons. The second-order valence-corrected chi connectivity index (χ2v) is 8.45. The van der Waals surface area contributed by atoms with E-state index in [-0.39, 0.29) is 18.3 Å². The molecule has 0 atom stereocenters. The Morgan fingerprint density at radius 2 is 1.68 bits per heavy atom. The number of ether oxygens (including phenoxy) is 3. The summed E-state index contributed by atoms with van der Waals surface area (Å²) in [5.74, 6) is -0.0605. The highest BCUT2D eigenvalue weighted by molar-refractivity contribution is 5.90. The van der Waals surface area contributed by atoms with Gasteiger partial charge in [-0.05, 0) is 80.9 Å². The van der Waals surface area contributed by atoms with Crippen molar-refractivity contribution in [1.29, 1.82) is 0 Å². The zero-order chi connectivity index (χ0) is 26.6. The first-order valence-electron chi connectivity index (χ1n) is 11.7. The molecule has 0 aliphatic carbocycles. The summed E-state index contributed by atoms with van der Waals surface area (Å²) in [5, 5.41) is 0. The lowest BCUT2D eigenvalue weighted by atomic mass is 10.1. The Hall–Kier alpha value is -4.20. The predicted octanol–water partition coefficient (Wildman–Crippen LogP) is 7.42. The predicted molar refractivity (Wildman–Crippen MR) is 134 cm³/mol. The molecule has 0 fully saturated rings. The molecule has 0 bridgehead atoms. The molecule has 5 nitrogen and oxygen atoms in total. The maximum absolute atomic E-state index is 12.4. The van der Waals surface area contributed by atoms with Crippen LogP contribution in [0.4, 0.5) is 13.2 Å². The number of nitrogens with zero attached hydrogens (tertiary/aromatic N) is 1. The van der Waals surface area contributed by atoms with Crippen LogP contribution in [0.25, 0.3) is 16.9 Å². The second-order valence-electron chi connectivity index (χ2n) is 8.45. The van der Waals surface area contributed by atoms with E-state index in [0.717, 1.165) is 28.2 Å². The van der Waals surface area contributed by atoms with E-state index in [9.17, 15) is 18.0 Å². The Morgan fingerprint density at radius 3 is 2.38 bits per heavy atom. The molecule has 1 heterocycles. The van der Waals surface area contributed by atoms with E-state index in [4.69, 9.17) is 9.47 Å². The van der Waals surface area contributed by atoms with Crippen molar-refractivity contribution >= 4 is 5.97 Å². The van der Waals surface area contributed by atoms with Gasteiger partial charge in [-0.2, -0.15) is 0 Å². The van der Waals surface area contributed by atoms with E-state index in [2.05, 4.69) is 4.74 Å². The fourth-order valence-electron chi connectivity index (χ4n) is 4.00. The van der Waals surface area contributed by atoms with Crippen LogP contribution in [-0.4, -0.2) is 23.5 Å². The number of carbonyl (C=O) groups excluding carboxylic acids is 1. The molecule has 0 aliphatic heterocycles. The van der Waals surface area contributed by atoms with Gasteiger partial charge >= 0.3 is 12.3 Å². The number of halogens is 3. The molecule has 8 heteroatoms. The Morgan fingerprint density at radius 1 is 0.919 bits per heavy atom. The number of alkyl halides is 3. The molecule has 0 saturated carbocycles. The van der Waals surface area contributed by atoms with Crippen LogP contribution in [-0.2, 0) is 11.3 Å². The van der Waals surface area contributed by atoms with Crippen LogP contribution < -0.4 is 9.47 Å². The van der Waals surface area contributed by atoms with Gasteiger partial charge in [-0.1, -0.05) is 29.8 Å². The van der Waals surface area contributed by atoms with Crippen LogP contribution in [0.1, 0.15) is 34.1 Å². The smallest absolute Gasteiger partial charge is 0.488 e. The average Bonchev–Trinajstić information content (AvgIpc) is 3.24. The van der Waals surface area contributed by atoms with Crippen molar-refractivity contribution in [1.82, 2.24) is 4.57 Å². The number of rotatable bonds is 8. The molecule has 192 valence electrons. The SMILES string of the molecule is CCOC(=O)c1cccc(-n2c(C)ccc2-c2cc(C)ccc2OCc2ccc(OC(F)(F)F)cc2)c1. The summed E-state index contributed by atoms with van der Waals surface area (Å²) in [4.78, 5) is 12.3. The van der Waals surface area contributed by atoms with Crippen LogP contribution in [0.5, 0.6) is 11.5 Å². The van der Waals surface area contributed by atoms with E-state index in [1.165, 1.54) is 24.3 Å². The zero-order valence-electron chi connectivity index (χ0n) is 20.6. The fraction of sp³-hybridized carbons (Fsp3) is 0.207. The minimum atomic E-state index is -4.74. The number of aryl methyl sites for hydroxylation is 2. The quantitative estimate of drug-likeness (QED) is 0.232. The minimum absolute atomic E-state index is 0.153. The summed E-state index contributed by atoms with van der Waals surface area (Å²) in [6, 6.07) is 22.6. The van der Waals surface area contributed by atoms with Crippen LogP contribution >= 0.6 is 0 Å². The molecular formula is C29H26F3NO4. The van der Waals surface area contributed by atoms with Crippen LogP contribution in [0, 0.1) is 13.8 Å². The lowest BCUT2D eigenvalue weighted by Gasteiger charge is -2.17. The molecule has 4 rings (SSSR count). The number of carbonyl (C=O) groups is 1. The van der Waals surface area contributed by atoms with Gasteiger partial charge in [0.05, 0.1) is 17.9 Å². The van der Waals surface area contributed by atoms with E-state index in [1.807, 2.05) is 60.9 Å². The molecule has 0 amide bonds. The van der Waals surface area contributed by atoms with Crippen molar-refractivity contribution in [3.8, 4) is 28.4 Å². The third kappa shape index (κ3) is 6.33. The van der Waals surface area contributed by atoms with Crippen molar-refractivity contribution in [2.75, 3.05) is 6.61 Å². The molecule has 3 aromatic carbocycles. The standard InChI is InChI=1S/C29H26F3NO4/c1-4-35-28(34)22-6-5-7-23(17-22)33-20(3)9-14-26(33)25-16-19(2)8-15-27(25)36-18-21-10-12-24(13-11-21)37-29(30,31)32/h5-17H,4,18H2,1-3H3. The molecule has 4 aromatic rings. The highest BCUT2D eigenvalue weighted by Gasteiger charge is 2.31. The Kier molecular flexibility index (Phi) is 7.57. The summed E-state index contributed by atoms with van der Waals surface area (Å²) in [6.45, 7) is 6.16. The first-order valence-corrected chi connectivity index (χ1v) is 11.7. The summed E-state index contributed by atoms with van der Waals surface area (Å²) >= 11 is 0. The Bertz CT molecular complexity index is 1390. The van der Waals surface area contributed by atoms with Gasteiger partial charge in [0.1, 0.15) is 18.1 Å². The fourth-order valence-corrected chi connectivity index (χ4v) is 4.00. The molecule has 1 aromatic heterocycles. The van der Waals surface area contributed by atoms with Gasteiger partial charge in [0, 0.05) is 16.9 Å². The third-order valence-corrected chi connectivity index (χ3v) is 5.65. The minimum Gasteiger partial charge on any atom is -0.488 e. The lowest BCUT2D eigenvalue weighted by molar-refractivity contribution is -0.274. The first kappa shape index (κ1) is 25.9. The Balaban J connectivity index is 1.64. The highest BCUT2D eigenvalue weighted by atomic mass is 19.4. The second kappa shape index (κ2) is 10.8. The van der Waals surface area contributed by atoms with Crippen LogP contribution in [0.2, 0.25) is 0 Å². The summed E-state index contributed by atoms with van der Waals surface area (Å²) in [7, 11) is 0. The van der Waals surface area contributed by atoms with E-state index < -0.39 is 6.36 Å². The van der Waals surface area contributed by atoms with Gasteiger partial charge in [-0.15, -0.1) is 13.2 Å². The molecule has 0 saturated heterocycles. The normalized spacial score (nSPS) is 11.3. The van der Waals surface area contributed by atoms with Crippen molar-refractivity contribution < 1.29 is 32.2 Å². The molecule has 0 aliphatic rings. The van der Waals surface area contributed by atoms with Crippen molar-refractivity contribution in [3.63, 3.8) is 0 Å². The van der Waals surface area contributed by atoms with Crippen molar-refractivity contribution in [3.05, 3.63) is 101 Å². The van der Waals surface area contributed by atoms with Crippen molar-refractivity contribution in [2.45, 2.75) is 33.7 Å². The Labute approximate surface area is 213 Å². The first-order chi connectivity index (χ1) is 17.6. The third-order valence-electron chi connectivity index (χ3n) is 5.65. The summed E-state index contributed by atoms with van der Waals surface area (Å²) in [5.41, 5.74) is 5.64. The van der Waals surface area contributed by atoms with E-state index >= 15 is 0 Å². The lowest BCUT2D eigenvalue weighted by Crippen LogP contribution is -2.17. The highest BCUT2D eigenvalue weighted by Crippen LogP contribution is 2.35. The average molecular weight is 510 g/mol. The van der Waals surface area contributed by atoms with Crippen LogP contribution in [0.3, 0.4) is 0 Å². The molecular weight excluding hydrogens is 483 g/mol. The molecule has 0 spiro atoms. The van der Waals surface area contributed by atoms with E-state index in [1.54, 1.807) is 19.1 Å². The summed E-state index contributed by atoms with van der Waals surface area (Å²) in [6.07, 6.45) is -4.74. The summed E-state index contributed by atoms with van der Waals surface area (Å²) < 4.78 is 54.5. The molecule has 0 unspecified atom stereocenters. The van der Waals surface area contributed by atoms with Gasteiger partial charge in [0.25, 0.3) is 0 Å². The van der Waals surface area contributed by atoms with Crippen LogP contribution in [0.15, 0.2) is 78.9 Å². The molecule has 0 N–H and O–H groups in total. The molecule has 37 heavy (non-hydrogen) atoms. The zero-order valence-corrected chi connectivity index (χ0v) is 20.6. The van der Waals surface area contributed by atoms with Gasteiger partial charge in [-0.25, -0.2) is 4.79 Å². The van der Waals surface area contributed by atoms with Gasteiger partial charge in [0.2, 0.25) is 0 Å². The van der Waals surface area contributed by atoms with Gasteiger partial charge in [-0.3, -0.25) is 0 Å². The number of aromatic nitrogens is 1. The monoisotopic (exact) mass is 509 g/mol. The number of benzene rings is 3. The van der Waals surface area contributed by atoms with Gasteiger partial charge in [0.15, 0.2) is 0 Å². The van der Waals surface area contributed by atoms with Crippen molar-refractivity contribution in [2.24, 2.45) is 0 Å². The maximum Gasteiger partial charge on any atom is 0.573 e.